The van der Waals surface area contributed by atoms with E-state index in [0.29, 0.717) is 43.6 Å². The van der Waals surface area contributed by atoms with Gasteiger partial charge in [-0.05, 0) is 101 Å². The summed E-state index contributed by atoms with van der Waals surface area (Å²) >= 11 is 0. The number of aliphatic hydroxyl groups excluding tert-OH is 2. The number of imide groups is 1. The number of amides is 2. The summed E-state index contributed by atoms with van der Waals surface area (Å²) in [5.41, 5.74) is 5.29. The summed E-state index contributed by atoms with van der Waals surface area (Å²) in [6.45, 7) is 14.7. The summed E-state index contributed by atoms with van der Waals surface area (Å²) in [4.78, 5) is 29.1. The highest BCUT2D eigenvalue weighted by atomic mass is 28.4. The lowest BCUT2D eigenvalue weighted by Crippen LogP contribution is -2.66. The van der Waals surface area contributed by atoms with Crippen LogP contribution in [-0.4, -0.2) is 66.2 Å². The number of allylic oxidation sites excluding steroid dienone is 1. The molecule has 1 aliphatic carbocycles. The highest BCUT2D eigenvalue weighted by Gasteiger charge is 2.56. The van der Waals surface area contributed by atoms with Crippen molar-refractivity contribution >= 4 is 36.6 Å². The molecule has 0 radical (unpaired) electrons. The highest BCUT2D eigenvalue weighted by Crippen LogP contribution is 2.47. The van der Waals surface area contributed by atoms with Gasteiger partial charge < -0.3 is 19.7 Å². The van der Waals surface area contributed by atoms with Gasteiger partial charge in [0.25, 0.3) is 8.32 Å². The minimum absolute atomic E-state index is 0.179. The van der Waals surface area contributed by atoms with Crippen LogP contribution in [0, 0.1) is 31.6 Å². The molecule has 3 aromatic carbocycles. The number of hydrogen-bond acceptors (Lipinski definition) is 6. The Morgan fingerprint density at radius 1 is 0.925 bits per heavy atom. The van der Waals surface area contributed by atoms with Gasteiger partial charge in [-0.25, -0.2) is 0 Å². The van der Waals surface area contributed by atoms with E-state index in [-0.39, 0.29) is 30.1 Å². The topological polar surface area (TPSA) is 107 Å². The lowest BCUT2D eigenvalue weighted by molar-refractivity contribution is -0.140. The molecule has 1 aliphatic heterocycles. The number of fused-ring (bicyclic) bond motifs is 1. The van der Waals surface area contributed by atoms with Crippen LogP contribution in [0.15, 0.2) is 89.5 Å². The molecular formula is C45H59NO6Si. The van der Waals surface area contributed by atoms with Gasteiger partial charge in [0.15, 0.2) is 0 Å². The number of rotatable bonds is 15. The fourth-order valence-corrected chi connectivity index (χ4v) is 13.5. The van der Waals surface area contributed by atoms with E-state index in [0.717, 1.165) is 45.5 Å². The quantitative estimate of drug-likeness (QED) is 0.0864. The van der Waals surface area contributed by atoms with E-state index < -0.39 is 32.2 Å². The number of nitrogens with zero attached hydrogens (tertiary/aromatic N) is 1. The molecule has 0 spiro atoms. The first-order valence-electron chi connectivity index (χ1n) is 19.4. The molecule has 0 saturated carbocycles. The zero-order valence-corrected chi connectivity index (χ0v) is 33.7. The third-order valence-electron chi connectivity index (χ3n) is 11.4. The number of likely N-dealkylation sites (tertiary alicyclic amines) is 1. The van der Waals surface area contributed by atoms with Crippen molar-refractivity contribution in [3.8, 4) is 5.75 Å². The third kappa shape index (κ3) is 8.16. The number of hydrogen-bond donors (Lipinski definition) is 3. The van der Waals surface area contributed by atoms with Crippen LogP contribution in [0.5, 0.6) is 5.75 Å². The molecule has 0 bridgehead atoms. The molecule has 1 heterocycles. The fraction of sp³-hybridized carbons (Fsp3) is 0.467. The van der Waals surface area contributed by atoms with Crippen molar-refractivity contribution < 1.29 is 29.3 Å². The molecular weight excluding hydrogens is 679 g/mol. The Hall–Kier alpha value is -3.82. The Balaban J connectivity index is 1.58. The van der Waals surface area contributed by atoms with E-state index >= 15 is 0 Å². The van der Waals surface area contributed by atoms with Crippen LogP contribution in [0.1, 0.15) is 89.8 Å². The van der Waals surface area contributed by atoms with E-state index in [9.17, 15) is 24.9 Å². The van der Waals surface area contributed by atoms with Crippen LogP contribution in [0.25, 0.3) is 6.08 Å². The molecule has 53 heavy (non-hydrogen) atoms. The van der Waals surface area contributed by atoms with Crippen LogP contribution >= 0.6 is 0 Å². The van der Waals surface area contributed by atoms with E-state index in [2.05, 4.69) is 58.0 Å². The molecule has 0 unspecified atom stereocenters. The van der Waals surface area contributed by atoms with Crippen molar-refractivity contribution in [3.63, 3.8) is 0 Å². The Kier molecular flexibility index (Phi) is 13.0. The van der Waals surface area contributed by atoms with Gasteiger partial charge in [-0.3, -0.25) is 14.5 Å². The maximum atomic E-state index is 13.9. The predicted octanol–water partition coefficient (Wildman–Crippen LogP) is 7.23. The van der Waals surface area contributed by atoms with Crippen molar-refractivity contribution in [2.75, 3.05) is 19.8 Å². The van der Waals surface area contributed by atoms with Gasteiger partial charge in [-0.2, -0.15) is 0 Å². The molecule has 2 aliphatic rings. The van der Waals surface area contributed by atoms with Crippen molar-refractivity contribution in [2.45, 2.75) is 98.1 Å². The van der Waals surface area contributed by atoms with E-state index in [1.807, 2.05) is 69.3 Å². The summed E-state index contributed by atoms with van der Waals surface area (Å²) in [6, 6.07) is 24.7. The zero-order chi connectivity index (χ0) is 38.5. The van der Waals surface area contributed by atoms with Gasteiger partial charge in [-0.1, -0.05) is 113 Å². The second-order valence-corrected chi connectivity index (χ2v) is 20.4. The Labute approximate surface area is 317 Å². The number of aryl methyl sites for hydroxylation is 2. The summed E-state index contributed by atoms with van der Waals surface area (Å²) in [5, 5.41) is 35.6. The van der Waals surface area contributed by atoms with Gasteiger partial charge in [0.05, 0.1) is 31.2 Å². The van der Waals surface area contributed by atoms with E-state index in [4.69, 9.17) is 4.43 Å². The number of aliphatic hydroxyl groups is 2. The van der Waals surface area contributed by atoms with Crippen LogP contribution in [0.2, 0.25) is 5.04 Å². The monoisotopic (exact) mass is 737 g/mol. The molecule has 284 valence electrons. The molecule has 3 aromatic rings. The number of aromatic hydroxyl groups is 1. The van der Waals surface area contributed by atoms with Crippen molar-refractivity contribution in [2.24, 2.45) is 17.8 Å². The minimum Gasteiger partial charge on any atom is -0.507 e. The van der Waals surface area contributed by atoms with Gasteiger partial charge in [-0.15, -0.1) is 0 Å². The van der Waals surface area contributed by atoms with E-state index in [1.165, 1.54) is 10.5 Å². The maximum Gasteiger partial charge on any atom is 0.261 e. The van der Waals surface area contributed by atoms with Gasteiger partial charge in [0.2, 0.25) is 11.8 Å². The highest BCUT2D eigenvalue weighted by molar-refractivity contribution is 6.99. The van der Waals surface area contributed by atoms with Crippen LogP contribution in [0.3, 0.4) is 0 Å². The first-order chi connectivity index (χ1) is 25.3. The van der Waals surface area contributed by atoms with Crippen LogP contribution in [0.4, 0.5) is 0 Å². The number of phenolic OH excluding ortho intramolecular Hbond substituents is 1. The molecule has 4 atom stereocenters. The number of carbonyl (C=O) groups is 2. The van der Waals surface area contributed by atoms with Gasteiger partial charge >= 0.3 is 0 Å². The Morgan fingerprint density at radius 2 is 1.51 bits per heavy atom. The van der Waals surface area contributed by atoms with Crippen LogP contribution < -0.4 is 10.4 Å². The SMILES string of the molecule is CCC/C(=C\c1cc(C)c(O)c(C)c1)CC[C@@H](O)C1=C(CO[Si](c2ccccc2)(c2ccccc2)C(C)(C)C)C[C@H]2C(=O)N(CCC)C(=O)[C@H]2[C@H]1CO. The number of benzene rings is 3. The second-order valence-electron chi connectivity index (χ2n) is 16.1. The van der Waals surface area contributed by atoms with E-state index in [1.54, 1.807) is 0 Å². The standard InChI is InChI=1S/C45H59NO6Si/c1-8-16-32(26-33-24-30(3)42(49)31(4)25-33)21-22-39(48)40-34(27-37-41(38(40)28-47)44(51)46(23-9-2)43(37)50)29-52-53(45(5,6)7,35-17-12-10-13-18-35)36-19-14-11-15-20-36/h10-15,17-20,24-26,37-39,41,47-49H,8-9,16,21-23,27-29H2,1-7H3/b32-26+/t37-,38+,39-,41-/m1/s1. The molecule has 7 nitrogen and oxygen atoms in total. The Bertz CT molecular complexity index is 1750. The van der Waals surface area contributed by atoms with Crippen LogP contribution in [-0.2, 0) is 14.0 Å². The largest absolute Gasteiger partial charge is 0.507 e. The lowest BCUT2D eigenvalue weighted by Gasteiger charge is -2.44. The van der Waals surface area contributed by atoms with Crippen molar-refractivity contribution in [3.05, 3.63) is 106 Å². The average molecular weight is 738 g/mol. The average Bonchev–Trinajstić information content (AvgIpc) is 3.37. The van der Waals surface area contributed by atoms with Crippen molar-refractivity contribution in [1.82, 2.24) is 4.90 Å². The smallest absolute Gasteiger partial charge is 0.261 e. The Morgan fingerprint density at radius 3 is 2.02 bits per heavy atom. The predicted molar refractivity (Wildman–Crippen MR) is 215 cm³/mol. The maximum absolute atomic E-state index is 13.9. The first-order valence-corrected chi connectivity index (χ1v) is 21.3. The summed E-state index contributed by atoms with van der Waals surface area (Å²) in [6.07, 6.45) is 4.96. The minimum atomic E-state index is -2.99. The molecule has 5 rings (SSSR count). The molecule has 2 amide bonds. The molecule has 3 N–H and O–H groups in total. The first kappa shape index (κ1) is 40.4. The molecule has 8 heteroatoms. The number of carbonyl (C=O) groups excluding carboxylic acids is 2. The molecule has 1 fully saturated rings. The summed E-state index contributed by atoms with van der Waals surface area (Å²) in [5.74, 6) is -2.14. The number of phenols is 1. The van der Waals surface area contributed by atoms with Crippen molar-refractivity contribution in [1.29, 1.82) is 0 Å². The summed E-state index contributed by atoms with van der Waals surface area (Å²) < 4.78 is 7.39. The second kappa shape index (κ2) is 17.1. The lowest BCUT2D eigenvalue weighted by atomic mass is 9.68. The molecule has 0 aromatic heterocycles. The van der Waals surface area contributed by atoms with Gasteiger partial charge in [0, 0.05) is 12.5 Å². The fourth-order valence-electron chi connectivity index (χ4n) is 8.93. The molecule has 1 saturated heterocycles. The normalized spacial score (nSPS) is 20.3. The summed E-state index contributed by atoms with van der Waals surface area (Å²) in [7, 11) is -2.99. The zero-order valence-electron chi connectivity index (χ0n) is 32.7. The van der Waals surface area contributed by atoms with Gasteiger partial charge in [0.1, 0.15) is 5.75 Å². The third-order valence-corrected chi connectivity index (χ3v) is 16.3.